The molecule has 1 aliphatic rings. The van der Waals surface area contributed by atoms with Crippen LogP contribution in [0.3, 0.4) is 0 Å². The molecule has 134 valence electrons. The van der Waals surface area contributed by atoms with Gasteiger partial charge in [-0.15, -0.1) is 0 Å². The number of fused-ring (bicyclic) bond motifs is 1. The molecule has 0 saturated heterocycles. The third kappa shape index (κ3) is 5.17. The molecule has 2 rings (SSSR count). The van der Waals surface area contributed by atoms with Crippen molar-refractivity contribution in [1.82, 2.24) is 4.72 Å². The van der Waals surface area contributed by atoms with E-state index < -0.39 is 10.0 Å². The van der Waals surface area contributed by atoms with E-state index in [2.05, 4.69) is 32.9 Å². The Kier molecular flexibility index (Phi) is 7.02. The first-order valence-electron chi connectivity index (χ1n) is 7.77. The fourth-order valence-corrected chi connectivity index (χ4v) is 4.22. The van der Waals surface area contributed by atoms with Gasteiger partial charge in [0.05, 0.1) is 10.6 Å². The van der Waals surface area contributed by atoms with E-state index in [0.717, 1.165) is 12.8 Å². The Morgan fingerprint density at radius 2 is 2.08 bits per heavy atom. The van der Waals surface area contributed by atoms with Crippen LogP contribution in [0.15, 0.2) is 21.5 Å². The van der Waals surface area contributed by atoms with E-state index in [1.165, 1.54) is 12.1 Å². The summed E-state index contributed by atoms with van der Waals surface area (Å²) in [6, 6.07) is 2.92. The van der Waals surface area contributed by atoms with Gasteiger partial charge in [-0.1, -0.05) is 13.3 Å². The van der Waals surface area contributed by atoms with Crippen molar-refractivity contribution >= 4 is 37.5 Å². The molecule has 1 aromatic rings. The first-order valence-corrected chi connectivity index (χ1v) is 10.0. The van der Waals surface area contributed by atoms with Gasteiger partial charge in [-0.3, -0.25) is 4.79 Å². The third-order valence-electron chi connectivity index (χ3n) is 3.36. The van der Waals surface area contributed by atoms with E-state index >= 15 is 0 Å². The summed E-state index contributed by atoms with van der Waals surface area (Å²) in [4.78, 5) is 11.4. The molecule has 9 heteroatoms. The average Bonchev–Trinajstić information content (AvgIpc) is 2.53. The quantitative estimate of drug-likeness (QED) is 0.597. The topological polar surface area (TPSA) is 93.7 Å². The van der Waals surface area contributed by atoms with Gasteiger partial charge in [-0.2, -0.15) is 0 Å². The van der Waals surface area contributed by atoms with Gasteiger partial charge in [0, 0.05) is 30.3 Å². The summed E-state index contributed by atoms with van der Waals surface area (Å²) in [5.74, 6) is 0.0623. The van der Waals surface area contributed by atoms with Crippen LogP contribution in [0.25, 0.3) is 0 Å². The molecule has 0 fully saturated rings. The highest BCUT2D eigenvalue weighted by molar-refractivity contribution is 9.10. The minimum atomic E-state index is -3.68. The number of carbonyl (C=O) groups is 1. The molecule has 24 heavy (non-hydrogen) atoms. The van der Waals surface area contributed by atoms with Crippen molar-refractivity contribution in [1.29, 1.82) is 0 Å². The van der Waals surface area contributed by atoms with Gasteiger partial charge in [0.15, 0.2) is 6.61 Å². The molecule has 1 amide bonds. The summed E-state index contributed by atoms with van der Waals surface area (Å²) in [6.45, 7) is 3.46. The number of anilines is 1. The van der Waals surface area contributed by atoms with E-state index in [0.29, 0.717) is 35.5 Å². The number of sulfonamides is 1. The molecule has 0 aliphatic carbocycles. The molecule has 0 radical (unpaired) electrons. The van der Waals surface area contributed by atoms with Crippen LogP contribution in [0, 0.1) is 0 Å². The minimum absolute atomic E-state index is 0.0734. The largest absolute Gasteiger partial charge is 0.482 e. The van der Waals surface area contributed by atoms with E-state index in [-0.39, 0.29) is 24.0 Å². The number of rotatable bonds is 9. The van der Waals surface area contributed by atoms with Crippen LogP contribution in [0.5, 0.6) is 5.75 Å². The van der Waals surface area contributed by atoms with E-state index in [1.54, 1.807) is 0 Å². The Labute approximate surface area is 150 Å². The summed E-state index contributed by atoms with van der Waals surface area (Å²) in [5.41, 5.74) is 0.446. The molecule has 1 heterocycles. The van der Waals surface area contributed by atoms with Crippen LogP contribution >= 0.6 is 15.9 Å². The fourth-order valence-electron chi connectivity index (χ4n) is 2.09. The van der Waals surface area contributed by atoms with Crippen molar-refractivity contribution < 1.29 is 22.7 Å². The van der Waals surface area contributed by atoms with Crippen LogP contribution in [0.1, 0.15) is 26.2 Å². The minimum Gasteiger partial charge on any atom is -0.482 e. The number of amides is 1. The van der Waals surface area contributed by atoms with Gasteiger partial charge in [0.25, 0.3) is 5.91 Å². The molecule has 0 unspecified atom stereocenters. The highest BCUT2D eigenvalue weighted by Gasteiger charge is 2.23. The first-order chi connectivity index (χ1) is 11.4. The van der Waals surface area contributed by atoms with Crippen molar-refractivity contribution in [3.8, 4) is 5.75 Å². The maximum atomic E-state index is 12.4. The molecule has 0 bridgehead atoms. The average molecular weight is 421 g/mol. The van der Waals surface area contributed by atoms with Gasteiger partial charge in [0.2, 0.25) is 10.0 Å². The van der Waals surface area contributed by atoms with Crippen molar-refractivity contribution in [3.63, 3.8) is 0 Å². The SMILES string of the molecule is CCCCOCCCNS(=O)(=O)c1cc2c(cc1Br)NC(=O)CO2. The first kappa shape index (κ1) is 19.2. The number of carbonyl (C=O) groups excluding carboxylic acids is 1. The summed E-state index contributed by atoms with van der Waals surface area (Å²) in [5, 5.41) is 2.63. The highest BCUT2D eigenvalue weighted by atomic mass is 79.9. The van der Waals surface area contributed by atoms with Crippen LogP contribution in [0.4, 0.5) is 5.69 Å². The zero-order valence-electron chi connectivity index (χ0n) is 13.4. The van der Waals surface area contributed by atoms with Crippen molar-refractivity contribution in [2.24, 2.45) is 0 Å². The van der Waals surface area contributed by atoms with Gasteiger partial charge in [0.1, 0.15) is 5.75 Å². The molecule has 2 N–H and O–H groups in total. The van der Waals surface area contributed by atoms with Crippen molar-refractivity contribution in [2.45, 2.75) is 31.1 Å². The normalized spacial score (nSPS) is 14.0. The molecule has 0 aromatic heterocycles. The number of halogens is 1. The molecular formula is C15H21BrN2O5S. The second-order valence-electron chi connectivity index (χ2n) is 5.33. The van der Waals surface area contributed by atoms with Gasteiger partial charge >= 0.3 is 0 Å². The van der Waals surface area contributed by atoms with E-state index in [4.69, 9.17) is 9.47 Å². The number of benzene rings is 1. The van der Waals surface area contributed by atoms with Crippen molar-refractivity contribution in [3.05, 3.63) is 16.6 Å². The fraction of sp³-hybridized carbons (Fsp3) is 0.533. The van der Waals surface area contributed by atoms with Gasteiger partial charge in [-0.05, 0) is 34.8 Å². The maximum Gasteiger partial charge on any atom is 0.262 e. The zero-order chi connectivity index (χ0) is 17.6. The Morgan fingerprint density at radius 3 is 2.83 bits per heavy atom. The Bertz CT molecular complexity index is 693. The summed E-state index contributed by atoms with van der Waals surface area (Å²) < 4.78 is 38.4. The number of hydrogen-bond acceptors (Lipinski definition) is 5. The predicted molar refractivity (Wildman–Crippen MR) is 93.8 cm³/mol. The number of unbranched alkanes of at least 4 members (excludes halogenated alkanes) is 1. The van der Waals surface area contributed by atoms with Crippen LogP contribution < -0.4 is 14.8 Å². The van der Waals surface area contributed by atoms with Gasteiger partial charge in [-0.25, -0.2) is 13.1 Å². The lowest BCUT2D eigenvalue weighted by molar-refractivity contribution is -0.118. The smallest absolute Gasteiger partial charge is 0.262 e. The molecular weight excluding hydrogens is 400 g/mol. The third-order valence-corrected chi connectivity index (χ3v) is 5.78. The van der Waals surface area contributed by atoms with Gasteiger partial charge < -0.3 is 14.8 Å². The summed E-state index contributed by atoms with van der Waals surface area (Å²) in [7, 11) is -3.68. The maximum absolute atomic E-state index is 12.4. The molecule has 1 aromatic carbocycles. The van der Waals surface area contributed by atoms with E-state index in [9.17, 15) is 13.2 Å². The molecule has 0 spiro atoms. The number of nitrogens with one attached hydrogen (secondary N) is 2. The number of hydrogen-bond donors (Lipinski definition) is 2. The molecule has 1 aliphatic heterocycles. The second-order valence-corrected chi connectivity index (χ2v) is 7.92. The van der Waals surface area contributed by atoms with Crippen LogP contribution in [0.2, 0.25) is 0 Å². The van der Waals surface area contributed by atoms with Crippen LogP contribution in [-0.4, -0.2) is 40.7 Å². The van der Waals surface area contributed by atoms with Crippen molar-refractivity contribution in [2.75, 3.05) is 31.7 Å². The molecule has 0 saturated carbocycles. The zero-order valence-corrected chi connectivity index (χ0v) is 15.8. The Morgan fingerprint density at radius 1 is 1.33 bits per heavy atom. The summed E-state index contributed by atoms with van der Waals surface area (Å²) in [6.07, 6.45) is 2.67. The lowest BCUT2D eigenvalue weighted by Gasteiger charge is -2.19. The Hall–Kier alpha value is -1.16. The standard InChI is InChI=1S/C15H21BrN2O5S/c1-2-3-6-22-7-4-5-17-24(20,21)14-9-13-12(8-11(14)16)18-15(19)10-23-13/h8-9,17H,2-7,10H2,1H3,(H,18,19). The highest BCUT2D eigenvalue weighted by Crippen LogP contribution is 2.35. The molecule has 0 atom stereocenters. The van der Waals surface area contributed by atoms with E-state index in [1.807, 2.05) is 0 Å². The monoisotopic (exact) mass is 420 g/mol. The second kappa shape index (κ2) is 8.80. The lowest BCUT2D eigenvalue weighted by atomic mass is 10.2. The lowest BCUT2D eigenvalue weighted by Crippen LogP contribution is -2.28. The summed E-state index contributed by atoms with van der Waals surface area (Å²) >= 11 is 3.23. The predicted octanol–water partition coefficient (Wildman–Crippen LogP) is 2.27. The number of ether oxygens (including phenoxy) is 2. The molecule has 7 nitrogen and oxygen atoms in total. The Balaban J connectivity index is 1.95. The van der Waals surface area contributed by atoms with Crippen LogP contribution in [-0.2, 0) is 19.6 Å².